The average Bonchev–Trinajstić information content (AvgIpc) is 3.76. The van der Waals surface area contributed by atoms with Gasteiger partial charge in [-0.05, 0) is 107 Å². The lowest BCUT2D eigenvalue weighted by Gasteiger charge is -2.26. The van der Waals surface area contributed by atoms with Crippen LogP contribution >= 0.6 is 0 Å². The number of nitrogens with zero attached hydrogens (tertiary/aromatic N) is 3. The normalized spacial score (nSPS) is 11.6. The Bertz CT molecular complexity index is 3160. The van der Waals surface area contributed by atoms with Crippen molar-refractivity contribution in [2.24, 2.45) is 0 Å². The zero-order valence-electron chi connectivity index (χ0n) is 30.0. The highest BCUT2D eigenvalue weighted by Gasteiger charge is 2.20. The molecule has 0 bridgehead atoms. The van der Waals surface area contributed by atoms with Gasteiger partial charge in [0.05, 0.1) is 22.1 Å². The summed E-state index contributed by atoms with van der Waals surface area (Å²) in [6.45, 7) is 0. The van der Waals surface area contributed by atoms with Crippen molar-refractivity contribution < 1.29 is 0 Å². The standard InChI is InChI=1S/C52H35N3/c1-4-14-36(15-5-1)37-24-27-41(28-25-37)53(39-17-6-2-7-18-39)42-29-31-43(32-30-42)54-48-23-13-12-22-45(48)46-34-47-51(35-50(46)54)55(40-19-8-3-9-20-40)49-33-26-38-16-10-11-21-44(38)52(47)49/h1-35H. The van der Waals surface area contributed by atoms with Crippen molar-refractivity contribution in [3.05, 3.63) is 212 Å². The summed E-state index contributed by atoms with van der Waals surface area (Å²) in [6, 6.07) is 76.8. The summed E-state index contributed by atoms with van der Waals surface area (Å²) in [5.74, 6) is 0. The lowest BCUT2D eigenvalue weighted by Crippen LogP contribution is -2.10. The van der Waals surface area contributed by atoms with Gasteiger partial charge in [-0.25, -0.2) is 0 Å². The molecule has 0 spiro atoms. The van der Waals surface area contributed by atoms with Crippen LogP contribution in [0.2, 0.25) is 0 Å². The first-order chi connectivity index (χ1) is 27.3. The van der Waals surface area contributed by atoms with Crippen LogP contribution in [0, 0.1) is 0 Å². The highest BCUT2D eigenvalue weighted by molar-refractivity contribution is 6.25. The van der Waals surface area contributed by atoms with Crippen LogP contribution in [0.25, 0.3) is 76.9 Å². The summed E-state index contributed by atoms with van der Waals surface area (Å²) in [5, 5.41) is 7.57. The van der Waals surface area contributed by atoms with E-state index in [1.807, 2.05) is 0 Å². The maximum Gasteiger partial charge on any atom is 0.0562 e. The van der Waals surface area contributed by atoms with Gasteiger partial charge in [-0.1, -0.05) is 127 Å². The highest BCUT2D eigenvalue weighted by atomic mass is 15.1. The van der Waals surface area contributed by atoms with Gasteiger partial charge in [-0.15, -0.1) is 0 Å². The van der Waals surface area contributed by atoms with Crippen molar-refractivity contribution in [2.45, 2.75) is 0 Å². The number of hydrogen-bond donors (Lipinski definition) is 0. The minimum Gasteiger partial charge on any atom is -0.311 e. The van der Waals surface area contributed by atoms with E-state index < -0.39 is 0 Å². The van der Waals surface area contributed by atoms with Gasteiger partial charge in [0.2, 0.25) is 0 Å². The first kappa shape index (κ1) is 31.2. The van der Waals surface area contributed by atoms with E-state index in [0.29, 0.717) is 0 Å². The number of para-hydroxylation sites is 3. The molecule has 0 radical (unpaired) electrons. The fourth-order valence-corrected chi connectivity index (χ4v) is 8.59. The number of rotatable bonds is 6. The predicted molar refractivity (Wildman–Crippen MR) is 233 cm³/mol. The molecular weight excluding hydrogens is 667 g/mol. The van der Waals surface area contributed by atoms with Gasteiger partial charge in [0.1, 0.15) is 0 Å². The number of hydrogen-bond acceptors (Lipinski definition) is 1. The summed E-state index contributed by atoms with van der Waals surface area (Å²) in [6.07, 6.45) is 0. The molecule has 0 atom stereocenters. The van der Waals surface area contributed by atoms with E-state index in [1.54, 1.807) is 0 Å². The highest BCUT2D eigenvalue weighted by Crippen LogP contribution is 2.42. The molecule has 9 aromatic carbocycles. The molecule has 2 aromatic heterocycles. The van der Waals surface area contributed by atoms with Gasteiger partial charge in [-0.2, -0.15) is 0 Å². The number of aromatic nitrogens is 2. The zero-order chi connectivity index (χ0) is 36.3. The summed E-state index contributed by atoms with van der Waals surface area (Å²) in [7, 11) is 0. The molecule has 11 rings (SSSR count). The largest absolute Gasteiger partial charge is 0.311 e. The van der Waals surface area contributed by atoms with Crippen molar-refractivity contribution in [1.82, 2.24) is 9.13 Å². The molecule has 3 nitrogen and oxygen atoms in total. The van der Waals surface area contributed by atoms with E-state index in [2.05, 4.69) is 226 Å². The van der Waals surface area contributed by atoms with Crippen molar-refractivity contribution in [3.63, 3.8) is 0 Å². The second-order valence-corrected chi connectivity index (χ2v) is 14.2. The second kappa shape index (κ2) is 12.6. The molecule has 0 aliphatic rings. The SMILES string of the molecule is c1ccc(-c2ccc(N(c3ccccc3)c3ccc(-n4c5ccccc5c5cc6c7c8ccccc8ccc7n(-c7ccccc7)c6cc54)cc3)cc2)cc1. The molecule has 0 N–H and O–H groups in total. The van der Waals surface area contributed by atoms with E-state index in [-0.39, 0.29) is 0 Å². The van der Waals surface area contributed by atoms with Gasteiger partial charge in [0, 0.05) is 50.0 Å². The zero-order valence-corrected chi connectivity index (χ0v) is 30.0. The van der Waals surface area contributed by atoms with E-state index in [9.17, 15) is 0 Å². The first-order valence-electron chi connectivity index (χ1n) is 18.9. The second-order valence-electron chi connectivity index (χ2n) is 14.2. The summed E-state index contributed by atoms with van der Waals surface area (Å²) >= 11 is 0. The minimum absolute atomic E-state index is 1.10. The van der Waals surface area contributed by atoms with Crippen LogP contribution in [0.1, 0.15) is 0 Å². The first-order valence-corrected chi connectivity index (χ1v) is 18.9. The Labute approximate surface area is 319 Å². The Morgan fingerprint density at radius 3 is 1.56 bits per heavy atom. The molecule has 0 aliphatic heterocycles. The third-order valence-corrected chi connectivity index (χ3v) is 11.1. The van der Waals surface area contributed by atoms with Gasteiger partial charge >= 0.3 is 0 Å². The topological polar surface area (TPSA) is 13.1 Å². The smallest absolute Gasteiger partial charge is 0.0562 e. The molecule has 0 aliphatic carbocycles. The van der Waals surface area contributed by atoms with Gasteiger partial charge in [-0.3, -0.25) is 0 Å². The van der Waals surface area contributed by atoms with Crippen LogP contribution in [0.15, 0.2) is 212 Å². The Morgan fingerprint density at radius 2 is 0.818 bits per heavy atom. The average molecular weight is 702 g/mol. The van der Waals surface area contributed by atoms with Crippen LogP contribution in [-0.4, -0.2) is 9.13 Å². The molecule has 11 aromatic rings. The number of fused-ring (bicyclic) bond motifs is 8. The maximum atomic E-state index is 2.43. The fourth-order valence-electron chi connectivity index (χ4n) is 8.59. The van der Waals surface area contributed by atoms with E-state index in [4.69, 9.17) is 0 Å². The number of anilines is 3. The van der Waals surface area contributed by atoms with Gasteiger partial charge < -0.3 is 14.0 Å². The minimum atomic E-state index is 1.10. The molecular formula is C52H35N3. The monoisotopic (exact) mass is 701 g/mol. The Kier molecular flexibility index (Phi) is 7.17. The predicted octanol–water partition coefficient (Wildman–Crippen LogP) is 14.2. The van der Waals surface area contributed by atoms with Crippen molar-refractivity contribution in [1.29, 1.82) is 0 Å². The van der Waals surface area contributed by atoms with Crippen LogP contribution in [0.3, 0.4) is 0 Å². The summed E-state index contributed by atoms with van der Waals surface area (Å²) in [4.78, 5) is 2.33. The Hall–Kier alpha value is -7.36. The third kappa shape index (κ3) is 5.05. The van der Waals surface area contributed by atoms with Gasteiger partial charge in [0.25, 0.3) is 0 Å². The molecule has 0 amide bonds. The molecule has 0 unspecified atom stereocenters. The molecule has 2 heterocycles. The lowest BCUT2D eigenvalue weighted by atomic mass is 10.0. The van der Waals surface area contributed by atoms with Gasteiger partial charge in [0.15, 0.2) is 0 Å². The molecule has 3 heteroatoms. The van der Waals surface area contributed by atoms with E-state index in [1.165, 1.54) is 65.5 Å². The number of benzene rings is 9. The Balaban J connectivity index is 1.10. The fraction of sp³-hybridized carbons (Fsp3) is 0. The molecule has 258 valence electrons. The molecule has 0 fully saturated rings. The van der Waals surface area contributed by atoms with Crippen LogP contribution in [-0.2, 0) is 0 Å². The molecule has 55 heavy (non-hydrogen) atoms. The molecule has 0 saturated heterocycles. The van der Waals surface area contributed by atoms with Crippen molar-refractivity contribution in [3.8, 4) is 22.5 Å². The molecule has 0 saturated carbocycles. The third-order valence-electron chi connectivity index (χ3n) is 11.1. The Morgan fingerprint density at radius 1 is 0.291 bits per heavy atom. The van der Waals surface area contributed by atoms with Crippen LogP contribution in [0.4, 0.5) is 17.1 Å². The van der Waals surface area contributed by atoms with Crippen LogP contribution < -0.4 is 4.90 Å². The summed E-state index contributed by atoms with van der Waals surface area (Å²) in [5.41, 5.74) is 12.8. The quantitative estimate of drug-likeness (QED) is 0.168. The van der Waals surface area contributed by atoms with Crippen LogP contribution in [0.5, 0.6) is 0 Å². The van der Waals surface area contributed by atoms with Crippen molar-refractivity contribution in [2.75, 3.05) is 4.90 Å². The maximum absolute atomic E-state index is 2.43. The summed E-state index contributed by atoms with van der Waals surface area (Å²) < 4.78 is 4.86. The lowest BCUT2D eigenvalue weighted by molar-refractivity contribution is 1.16. The van der Waals surface area contributed by atoms with E-state index >= 15 is 0 Å². The van der Waals surface area contributed by atoms with E-state index in [0.717, 1.165) is 28.4 Å². The van der Waals surface area contributed by atoms with Crippen molar-refractivity contribution >= 4 is 71.4 Å².